The van der Waals surface area contributed by atoms with Crippen molar-refractivity contribution in [1.82, 2.24) is 0 Å². The molecule has 2 aliphatic rings. The molecule has 0 saturated carbocycles. The predicted octanol–water partition coefficient (Wildman–Crippen LogP) is 3.29. The van der Waals surface area contributed by atoms with Gasteiger partial charge in [-0.1, -0.05) is 18.2 Å². The van der Waals surface area contributed by atoms with Crippen molar-refractivity contribution in [2.75, 3.05) is 12.5 Å². The topological polar surface area (TPSA) is 44.8 Å². The van der Waals surface area contributed by atoms with Gasteiger partial charge in [0.05, 0.1) is 5.56 Å². The van der Waals surface area contributed by atoms with Crippen LogP contribution < -0.4 is 9.47 Å². The molecule has 2 aromatic carbocycles. The Balaban J connectivity index is 1.52. The molecule has 0 aliphatic carbocycles. The van der Waals surface area contributed by atoms with Crippen LogP contribution in [0.5, 0.6) is 11.5 Å². The zero-order valence-corrected chi connectivity index (χ0v) is 12.6. The van der Waals surface area contributed by atoms with Gasteiger partial charge in [0.2, 0.25) is 6.79 Å². The first-order valence-electron chi connectivity index (χ1n) is 7.11. The van der Waals surface area contributed by atoms with Crippen LogP contribution in [-0.2, 0) is 11.2 Å². The monoisotopic (exact) mass is 314 g/mol. The molecule has 0 bridgehead atoms. The fourth-order valence-electron chi connectivity index (χ4n) is 2.62. The van der Waals surface area contributed by atoms with Crippen molar-refractivity contribution >= 4 is 17.7 Å². The Kier molecular flexibility index (Phi) is 3.42. The minimum absolute atomic E-state index is 0.148. The summed E-state index contributed by atoms with van der Waals surface area (Å²) in [6.45, 7) is 0.266. The van der Waals surface area contributed by atoms with E-state index in [1.54, 1.807) is 11.8 Å². The second kappa shape index (κ2) is 5.57. The summed E-state index contributed by atoms with van der Waals surface area (Å²) in [5.74, 6) is 2.03. The van der Waals surface area contributed by atoms with Crippen LogP contribution >= 0.6 is 11.8 Å². The second-order valence-electron chi connectivity index (χ2n) is 5.23. The molecule has 2 aliphatic heterocycles. The lowest BCUT2D eigenvalue weighted by molar-refractivity contribution is 0.0354. The molecule has 4 nitrogen and oxygen atoms in total. The van der Waals surface area contributed by atoms with Gasteiger partial charge in [-0.25, -0.2) is 4.79 Å². The highest BCUT2D eigenvalue weighted by molar-refractivity contribution is 7.99. The van der Waals surface area contributed by atoms with Crippen molar-refractivity contribution in [1.29, 1.82) is 0 Å². The van der Waals surface area contributed by atoms with Crippen molar-refractivity contribution in [3.05, 3.63) is 53.6 Å². The number of thioether (sulfide) groups is 1. The van der Waals surface area contributed by atoms with Crippen LogP contribution in [0.4, 0.5) is 0 Å². The molecule has 1 unspecified atom stereocenters. The number of hydrogen-bond acceptors (Lipinski definition) is 5. The molecule has 0 radical (unpaired) electrons. The molecule has 4 rings (SSSR count). The molecule has 0 amide bonds. The summed E-state index contributed by atoms with van der Waals surface area (Å²) < 4.78 is 16.3. The third kappa shape index (κ3) is 2.52. The fraction of sp³-hybridized carbons (Fsp3) is 0.235. The molecule has 22 heavy (non-hydrogen) atoms. The minimum Gasteiger partial charge on any atom is -0.458 e. The highest BCUT2D eigenvalue weighted by Crippen LogP contribution is 2.34. The highest BCUT2D eigenvalue weighted by atomic mass is 32.2. The van der Waals surface area contributed by atoms with Crippen molar-refractivity contribution in [2.45, 2.75) is 17.4 Å². The Morgan fingerprint density at radius 3 is 2.91 bits per heavy atom. The van der Waals surface area contributed by atoms with Gasteiger partial charge in [0.1, 0.15) is 6.10 Å². The number of cyclic esters (lactones) is 1. The Hall–Kier alpha value is -2.14. The van der Waals surface area contributed by atoms with E-state index in [2.05, 4.69) is 0 Å². The van der Waals surface area contributed by atoms with Gasteiger partial charge >= 0.3 is 5.97 Å². The van der Waals surface area contributed by atoms with Gasteiger partial charge in [-0.3, -0.25) is 0 Å². The van der Waals surface area contributed by atoms with Crippen molar-refractivity contribution in [3.63, 3.8) is 0 Å². The van der Waals surface area contributed by atoms with Crippen molar-refractivity contribution in [2.24, 2.45) is 0 Å². The van der Waals surface area contributed by atoms with Crippen LogP contribution in [0.1, 0.15) is 15.9 Å². The number of benzene rings is 2. The van der Waals surface area contributed by atoms with Gasteiger partial charge in [-0.2, -0.15) is 0 Å². The summed E-state index contributed by atoms with van der Waals surface area (Å²) >= 11 is 1.66. The van der Waals surface area contributed by atoms with Crippen LogP contribution in [0.2, 0.25) is 0 Å². The number of rotatable bonds is 2. The third-order valence-electron chi connectivity index (χ3n) is 3.71. The quantitative estimate of drug-likeness (QED) is 0.796. The maximum absolute atomic E-state index is 12.2. The van der Waals surface area contributed by atoms with Crippen LogP contribution in [0.3, 0.4) is 0 Å². The highest BCUT2D eigenvalue weighted by Gasteiger charge is 2.24. The summed E-state index contributed by atoms with van der Waals surface area (Å²) in [7, 11) is 0. The lowest BCUT2D eigenvalue weighted by Crippen LogP contribution is -2.21. The number of carbonyl (C=O) groups excluding carboxylic acids is 1. The molecule has 0 aromatic heterocycles. The molecule has 2 heterocycles. The molecule has 1 atom stereocenters. The van der Waals surface area contributed by atoms with E-state index in [1.807, 2.05) is 42.5 Å². The maximum atomic E-state index is 12.2. The number of fused-ring (bicyclic) bond motifs is 2. The Morgan fingerprint density at radius 1 is 1.09 bits per heavy atom. The SMILES string of the molecule is O=C1OC(Cc2ccc3c(c2)OCO3)CSc2ccccc21. The lowest BCUT2D eigenvalue weighted by atomic mass is 10.1. The average Bonchev–Trinajstić information content (AvgIpc) is 2.94. The first-order valence-corrected chi connectivity index (χ1v) is 8.09. The molecule has 0 fully saturated rings. The zero-order chi connectivity index (χ0) is 14.9. The van der Waals surface area contributed by atoms with Crippen molar-refractivity contribution in [3.8, 4) is 11.5 Å². The van der Waals surface area contributed by atoms with Crippen LogP contribution in [0, 0.1) is 0 Å². The molecular formula is C17H14O4S. The van der Waals surface area contributed by atoms with E-state index in [-0.39, 0.29) is 18.9 Å². The molecule has 0 saturated heterocycles. The molecule has 112 valence electrons. The molecular weight excluding hydrogens is 300 g/mol. The summed E-state index contributed by atoms with van der Waals surface area (Å²) in [5.41, 5.74) is 1.73. The molecule has 0 N–H and O–H groups in total. The van der Waals surface area contributed by atoms with E-state index < -0.39 is 0 Å². The lowest BCUT2D eigenvalue weighted by Gasteiger charge is -2.14. The summed E-state index contributed by atoms with van der Waals surface area (Å²) in [6.07, 6.45) is 0.522. The summed E-state index contributed by atoms with van der Waals surface area (Å²) in [4.78, 5) is 13.2. The van der Waals surface area contributed by atoms with E-state index in [9.17, 15) is 4.79 Å². The Bertz CT molecular complexity index is 728. The number of carbonyl (C=O) groups is 1. The molecule has 5 heteroatoms. The Morgan fingerprint density at radius 2 is 1.95 bits per heavy atom. The average molecular weight is 314 g/mol. The van der Waals surface area contributed by atoms with E-state index >= 15 is 0 Å². The first kappa shape index (κ1) is 13.5. The van der Waals surface area contributed by atoms with Crippen molar-refractivity contribution < 1.29 is 19.0 Å². The number of esters is 1. The predicted molar refractivity (Wildman–Crippen MR) is 82.6 cm³/mol. The van der Waals surface area contributed by atoms with E-state index in [1.165, 1.54) is 0 Å². The van der Waals surface area contributed by atoms with Crippen LogP contribution in [0.25, 0.3) is 0 Å². The van der Waals surface area contributed by atoms with Gasteiger partial charge in [-0.15, -0.1) is 11.8 Å². The standard InChI is InChI=1S/C17H14O4S/c18-17-13-3-1-2-4-16(13)22-9-12(21-17)7-11-5-6-14-15(8-11)20-10-19-14/h1-6,8,12H,7,9-10H2. The van der Waals surface area contributed by atoms with E-state index in [0.717, 1.165) is 27.7 Å². The third-order valence-corrected chi connectivity index (χ3v) is 4.91. The second-order valence-corrected chi connectivity index (χ2v) is 6.29. The van der Waals surface area contributed by atoms with Gasteiger partial charge < -0.3 is 14.2 Å². The van der Waals surface area contributed by atoms with Crippen LogP contribution in [-0.4, -0.2) is 24.6 Å². The first-order chi connectivity index (χ1) is 10.8. The van der Waals surface area contributed by atoms with Gasteiger partial charge in [0.15, 0.2) is 11.5 Å². The van der Waals surface area contributed by atoms with E-state index in [4.69, 9.17) is 14.2 Å². The van der Waals surface area contributed by atoms with E-state index in [0.29, 0.717) is 12.0 Å². The number of ether oxygens (including phenoxy) is 3. The summed E-state index contributed by atoms with van der Waals surface area (Å²) in [5, 5.41) is 0. The van der Waals surface area contributed by atoms with Gasteiger partial charge in [0, 0.05) is 17.1 Å². The number of hydrogen-bond donors (Lipinski definition) is 0. The smallest absolute Gasteiger partial charge is 0.339 e. The summed E-state index contributed by atoms with van der Waals surface area (Å²) in [6, 6.07) is 13.4. The Labute approximate surface area is 132 Å². The maximum Gasteiger partial charge on any atom is 0.339 e. The molecule has 0 spiro atoms. The minimum atomic E-state index is -0.244. The van der Waals surface area contributed by atoms with Gasteiger partial charge in [0.25, 0.3) is 0 Å². The van der Waals surface area contributed by atoms with Crippen LogP contribution in [0.15, 0.2) is 47.4 Å². The van der Waals surface area contributed by atoms with Gasteiger partial charge in [-0.05, 0) is 29.8 Å². The largest absolute Gasteiger partial charge is 0.458 e. The normalized spacial score (nSPS) is 19.3. The fourth-order valence-corrected chi connectivity index (χ4v) is 3.66. The molecule has 2 aromatic rings. The zero-order valence-electron chi connectivity index (χ0n) is 11.8.